The van der Waals surface area contributed by atoms with Gasteiger partial charge in [-0.15, -0.1) is 0 Å². The van der Waals surface area contributed by atoms with E-state index in [1.165, 1.54) is 25.1 Å². The third kappa shape index (κ3) is 2.27. The Morgan fingerprint density at radius 1 is 1.13 bits per heavy atom. The normalized spacial score (nSPS) is 25.8. The van der Waals surface area contributed by atoms with E-state index in [1.54, 1.807) is 0 Å². The van der Waals surface area contributed by atoms with Gasteiger partial charge in [0.25, 0.3) is 0 Å². The molecule has 0 aromatic heterocycles. The predicted molar refractivity (Wildman–Crippen MR) is 98.0 cm³/mol. The van der Waals surface area contributed by atoms with Gasteiger partial charge < -0.3 is 25.2 Å². The third-order valence-corrected chi connectivity index (χ3v) is 5.74. The van der Waals surface area contributed by atoms with Gasteiger partial charge in [-0.3, -0.25) is 14.4 Å². The fourth-order valence-corrected chi connectivity index (χ4v) is 4.38. The monoisotopic (exact) mass is 413 g/mol. The molecule has 5 N–H and O–H groups in total. The van der Waals surface area contributed by atoms with Crippen molar-refractivity contribution in [2.24, 2.45) is 0 Å². The summed E-state index contributed by atoms with van der Waals surface area (Å²) in [5.74, 6) is -1.30. The maximum atomic E-state index is 13.2. The lowest BCUT2D eigenvalue weighted by Crippen LogP contribution is -2.55. The summed E-state index contributed by atoms with van der Waals surface area (Å²) in [6.45, 7) is 2.23. The molecule has 10 heteroatoms. The Hall–Kier alpha value is -3.43. The fourth-order valence-electron chi connectivity index (χ4n) is 4.38. The van der Waals surface area contributed by atoms with Gasteiger partial charge in [-0.2, -0.15) is 0 Å². The number of hydrogen-bond donors (Lipinski definition) is 5. The number of aliphatic hydroxyl groups is 3. The van der Waals surface area contributed by atoms with Crippen molar-refractivity contribution in [3.05, 3.63) is 65.6 Å². The molecular weight excluding hydrogens is 396 g/mol. The molecule has 4 rings (SSSR count). The number of ether oxygens (including phenoxy) is 1. The number of hydrogen-bond acceptors (Lipinski definition) is 9. The highest BCUT2D eigenvalue weighted by molar-refractivity contribution is 5.88. The first-order valence-electron chi connectivity index (χ1n) is 8.95. The summed E-state index contributed by atoms with van der Waals surface area (Å²) in [5, 5.41) is 41.0. The molecule has 1 aromatic rings. The number of esters is 1. The van der Waals surface area contributed by atoms with Gasteiger partial charge in [0.05, 0.1) is 21.3 Å². The molecular formula is C20H17N2O8+. The number of aromatic hydroxyl groups is 1. The highest BCUT2D eigenvalue weighted by Crippen LogP contribution is 2.44. The summed E-state index contributed by atoms with van der Waals surface area (Å²) < 4.78 is 5.08. The summed E-state index contributed by atoms with van der Waals surface area (Å²) in [5.41, 5.74) is 3.44. The average Bonchev–Trinajstić information content (AvgIpc) is 3.04. The standard InChI is InChI=1S/C20H16N2O8/c1-6(23)30-20(2)18(28)13-11(17(27)19(20)29)10-12(14(13)22-21)16(26)9-7(15(10)25)4-3-5-8(9)24/h3-5,17-19,21,27-29H,1-2H3/p+1/t17-,18+,19+,20+/m0/s1. The number of nitrogens with one attached hydrogen (secondary N) is 1. The Balaban J connectivity index is 2.30. The zero-order valence-corrected chi connectivity index (χ0v) is 15.8. The summed E-state index contributed by atoms with van der Waals surface area (Å²) in [6.07, 6.45) is -5.48. The Morgan fingerprint density at radius 3 is 2.40 bits per heavy atom. The van der Waals surface area contributed by atoms with E-state index in [4.69, 9.17) is 10.3 Å². The van der Waals surface area contributed by atoms with Crippen LogP contribution in [-0.4, -0.2) is 42.9 Å². The van der Waals surface area contributed by atoms with Gasteiger partial charge in [0.15, 0.2) is 11.0 Å². The Labute approximate surface area is 166 Å². The van der Waals surface area contributed by atoms with Crippen LogP contribution in [0.5, 0.6) is 5.75 Å². The largest absolute Gasteiger partial charge is 0.507 e. The molecule has 3 aliphatic rings. The molecule has 0 saturated heterocycles. The minimum atomic E-state index is -2.03. The highest BCUT2D eigenvalue weighted by atomic mass is 16.6. The number of aliphatic hydroxyl groups excluding tert-OH is 3. The van der Waals surface area contributed by atoms with Gasteiger partial charge in [-0.1, -0.05) is 12.1 Å². The van der Waals surface area contributed by atoms with E-state index in [0.717, 1.165) is 6.92 Å². The van der Waals surface area contributed by atoms with Gasteiger partial charge in [0.1, 0.15) is 29.3 Å². The number of nitrogens with zero attached hydrogens (tertiary/aromatic N) is 1. The van der Waals surface area contributed by atoms with Crippen LogP contribution in [0, 0.1) is 16.0 Å². The zero-order valence-electron chi connectivity index (χ0n) is 15.8. The van der Waals surface area contributed by atoms with Crippen molar-refractivity contribution < 1.29 is 34.7 Å². The van der Waals surface area contributed by atoms with Crippen molar-refractivity contribution >= 4 is 16.7 Å². The smallest absolute Gasteiger partial charge is 0.382 e. The molecule has 154 valence electrons. The maximum absolute atomic E-state index is 13.2. The molecule has 4 atom stereocenters. The summed E-state index contributed by atoms with van der Waals surface area (Å²) in [7, 11) is 0. The minimum absolute atomic E-state index is 0.124. The third-order valence-electron chi connectivity index (χ3n) is 5.74. The van der Waals surface area contributed by atoms with E-state index in [0.29, 0.717) is 0 Å². The number of fused-ring (bicyclic) bond motifs is 3. The number of carbonyl (C=O) groups is 1. The molecule has 10 nitrogen and oxygen atoms in total. The van der Waals surface area contributed by atoms with Crippen LogP contribution in [-0.2, 0) is 9.53 Å². The SMILES string of the molecule is CC(=O)O[C@]1(C)[C@H](O)c2c(c3c(=O)c4cccc(O)c4c(=O)c=3c2=[N+]=N)[C@H](O)[C@H]1O. The Kier molecular flexibility index (Phi) is 4.16. The van der Waals surface area contributed by atoms with Crippen molar-refractivity contribution in [2.75, 3.05) is 0 Å². The van der Waals surface area contributed by atoms with E-state index in [2.05, 4.69) is 4.79 Å². The molecule has 30 heavy (non-hydrogen) atoms. The lowest BCUT2D eigenvalue weighted by Gasteiger charge is -2.42. The first kappa shape index (κ1) is 19.9. The number of carbonyl (C=O) groups excluding carboxylic acids is 1. The molecule has 0 bridgehead atoms. The first-order valence-corrected chi connectivity index (χ1v) is 8.95. The van der Waals surface area contributed by atoms with Crippen LogP contribution in [0.4, 0.5) is 0 Å². The van der Waals surface area contributed by atoms with Crippen LogP contribution in [0.15, 0.2) is 27.8 Å². The van der Waals surface area contributed by atoms with Crippen LogP contribution in [0.2, 0.25) is 0 Å². The van der Waals surface area contributed by atoms with E-state index in [1.807, 2.05) is 0 Å². The van der Waals surface area contributed by atoms with Gasteiger partial charge in [-0.25, -0.2) is 0 Å². The summed E-state index contributed by atoms with van der Waals surface area (Å²) in [4.78, 5) is 41.2. The molecule has 0 radical (unpaired) electrons. The Bertz CT molecular complexity index is 1480. The van der Waals surface area contributed by atoms with Crippen LogP contribution in [0.1, 0.15) is 37.2 Å². The summed E-state index contributed by atoms with van der Waals surface area (Å²) in [6, 6.07) is 3.91. The second-order valence-corrected chi connectivity index (χ2v) is 7.47. The molecule has 0 spiro atoms. The average molecular weight is 413 g/mol. The van der Waals surface area contributed by atoms with Crippen molar-refractivity contribution in [2.45, 2.75) is 37.8 Å². The van der Waals surface area contributed by atoms with Gasteiger partial charge in [0, 0.05) is 23.1 Å². The van der Waals surface area contributed by atoms with Crippen molar-refractivity contribution in [1.29, 1.82) is 5.53 Å². The van der Waals surface area contributed by atoms with Crippen molar-refractivity contribution in [3.8, 4) is 5.75 Å². The molecule has 3 aliphatic carbocycles. The predicted octanol–water partition coefficient (Wildman–Crippen LogP) is -1.23. The molecule has 1 aromatic carbocycles. The van der Waals surface area contributed by atoms with Crippen LogP contribution in [0.25, 0.3) is 10.8 Å². The van der Waals surface area contributed by atoms with E-state index >= 15 is 0 Å². The quantitative estimate of drug-likeness (QED) is 0.187. The first-order chi connectivity index (χ1) is 14.1. The zero-order chi connectivity index (χ0) is 22.1. The van der Waals surface area contributed by atoms with Crippen LogP contribution in [0.3, 0.4) is 0 Å². The van der Waals surface area contributed by atoms with Gasteiger partial charge >= 0.3 is 11.3 Å². The molecule has 0 saturated carbocycles. The minimum Gasteiger partial charge on any atom is -0.507 e. The van der Waals surface area contributed by atoms with Crippen LogP contribution < -0.4 is 16.2 Å². The molecule has 0 aliphatic heterocycles. The molecule has 0 amide bonds. The number of phenolic OH excluding ortho intramolecular Hbond substituents is 1. The van der Waals surface area contributed by atoms with Crippen molar-refractivity contribution in [1.82, 2.24) is 0 Å². The Morgan fingerprint density at radius 2 is 1.80 bits per heavy atom. The molecule has 0 heterocycles. The van der Waals surface area contributed by atoms with Gasteiger partial charge in [0.2, 0.25) is 5.43 Å². The highest BCUT2D eigenvalue weighted by Gasteiger charge is 2.56. The lowest BCUT2D eigenvalue weighted by molar-refractivity contribution is -0.216. The van der Waals surface area contributed by atoms with E-state index in [-0.39, 0.29) is 32.3 Å². The fraction of sp³-hybridized carbons (Fsp3) is 0.300. The van der Waals surface area contributed by atoms with E-state index in [9.17, 15) is 34.8 Å². The number of phenols is 1. The van der Waals surface area contributed by atoms with Gasteiger partial charge in [-0.05, 0) is 13.0 Å². The number of benzene rings is 1. The molecule has 0 unspecified atom stereocenters. The second kappa shape index (κ2) is 6.28. The second-order valence-electron chi connectivity index (χ2n) is 7.47. The summed E-state index contributed by atoms with van der Waals surface area (Å²) >= 11 is 0. The maximum Gasteiger partial charge on any atom is 0.382 e. The molecule has 0 fully saturated rings. The number of rotatable bonds is 1. The lowest BCUT2D eigenvalue weighted by atomic mass is 9.76. The van der Waals surface area contributed by atoms with Crippen LogP contribution >= 0.6 is 0 Å². The topological polar surface area (TPSA) is 179 Å². The van der Waals surface area contributed by atoms with E-state index < -0.39 is 51.8 Å². The van der Waals surface area contributed by atoms with Crippen molar-refractivity contribution in [3.63, 3.8) is 0 Å².